The maximum atomic E-state index is 11.6. The summed E-state index contributed by atoms with van der Waals surface area (Å²) in [5.41, 5.74) is 1.64. The molecule has 5 heteroatoms. The summed E-state index contributed by atoms with van der Waals surface area (Å²) in [6.45, 7) is 3.20. The maximum absolute atomic E-state index is 11.6. The molecule has 1 aromatic carbocycles. The first-order valence-electron chi connectivity index (χ1n) is 6.29. The Kier molecular flexibility index (Phi) is 4.18. The molecule has 0 spiro atoms. The van der Waals surface area contributed by atoms with Crippen LogP contribution in [0.15, 0.2) is 36.7 Å². The second-order valence-corrected chi connectivity index (χ2v) is 4.24. The third-order valence-corrected chi connectivity index (χ3v) is 2.86. The van der Waals surface area contributed by atoms with E-state index >= 15 is 0 Å². The molecule has 2 aromatic rings. The van der Waals surface area contributed by atoms with Crippen molar-refractivity contribution >= 4 is 11.6 Å². The van der Waals surface area contributed by atoms with Crippen molar-refractivity contribution < 1.29 is 4.79 Å². The minimum atomic E-state index is -0.0434. The summed E-state index contributed by atoms with van der Waals surface area (Å²) in [5.74, 6) is 0.922. The van der Waals surface area contributed by atoms with E-state index in [9.17, 15) is 4.79 Å². The number of aromatic nitrogens is 2. The van der Waals surface area contributed by atoms with Crippen molar-refractivity contribution in [3.63, 3.8) is 0 Å². The quantitative estimate of drug-likeness (QED) is 0.859. The van der Waals surface area contributed by atoms with Gasteiger partial charge in [0.1, 0.15) is 5.82 Å². The molecule has 0 unspecified atom stereocenters. The predicted octanol–water partition coefficient (Wildman–Crippen LogP) is 1.78. The van der Waals surface area contributed by atoms with Gasteiger partial charge in [0, 0.05) is 37.2 Å². The van der Waals surface area contributed by atoms with Gasteiger partial charge >= 0.3 is 0 Å². The number of benzene rings is 1. The van der Waals surface area contributed by atoms with E-state index in [-0.39, 0.29) is 5.91 Å². The number of amides is 1. The summed E-state index contributed by atoms with van der Waals surface area (Å²) in [5, 5.41) is 6.04. The molecule has 0 aliphatic rings. The van der Waals surface area contributed by atoms with Gasteiger partial charge in [-0.1, -0.05) is 0 Å². The first-order chi connectivity index (χ1) is 9.20. The Labute approximate surface area is 112 Å². The smallest absolute Gasteiger partial charge is 0.251 e. The lowest BCUT2D eigenvalue weighted by Crippen LogP contribution is -2.22. The van der Waals surface area contributed by atoms with Crippen LogP contribution in [0.25, 0.3) is 0 Å². The molecule has 1 heterocycles. The Balaban J connectivity index is 1.95. The molecule has 1 aromatic heterocycles. The maximum Gasteiger partial charge on any atom is 0.251 e. The number of carbonyl (C=O) groups is 1. The van der Waals surface area contributed by atoms with Gasteiger partial charge in [-0.3, -0.25) is 4.79 Å². The molecule has 0 atom stereocenters. The first-order valence-corrected chi connectivity index (χ1v) is 6.29. The van der Waals surface area contributed by atoms with Crippen LogP contribution in [-0.2, 0) is 13.6 Å². The number of imidazole rings is 1. The summed E-state index contributed by atoms with van der Waals surface area (Å²) in [4.78, 5) is 15.8. The van der Waals surface area contributed by atoms with Crippen molar-refractivity contribution in [2.75, 3.05) is 11.9 Å². The minimum Gasteiger partial charge on any atom is -0.378 e. The number of anilines is 1. The highest BCUT2D eigenvalue weighted by atomic mass is 16.1. The largest absolute Gasteiger partial charge is 0.378 e. The summed E-state index contributed by atoms with van der Waals surface area (Å²) >= 11 is 0. The van der Waals surface area contributed by atoms with Crippen LogP contribution in [0.4, 0.5) is 5.69 Å². The molecule has 0 aliphatic heterocycles. The van der Waals surface area contributed by atoms with Crippen LogP contribution < -0.4 is 10.6 Å². The highest BCUT2D eigenvalue weighted by Crippen LogP contribution is 2.10. The molecule has 1 amide bonds. The Hall–Kier alpha value is -2.30. The number of nitrogens with zero attached hydrogens (tertiary/aromatic N) is 2. The molecular weight excluding hydrogens is 240 g/mol. The number of aryl methyl sites for hydroxylation is 1. The van der Waals surface area contributed by atoms with Crippen molar-refractivity contribution in [1.82, 2.24) is 14.9 Å². The van der Waals surface area contributed by atoms with Crippen molar-refractivity contribution in [2.45, 2.75) is 13.5 Å². The van der Waals surface area contributed by atoms with Gasteiger partial charge in [-0.05, 0) is 31.2 Å². The van der Waals surface area contributed by atoms with Crippen LogP contribution in [0.2, 0.25) is 0 Å². The van der Waals surface area contributed by atoms with Crippen molar-refractivity contribution in [3.8, 4) is 0 Å². The summed E-state index contributed by atoms with van der Waals surface area (Å²) in [7, 11) is 1.96. The van der Waals surface area contributed by atoms with E-state index in [2.05, 4.69) is 15.6 Å². The van der Waals surface area contributed by atoms with E-state index in [0.717, 1.165) is 11.5 Å². The SMILES string of the molecule is CCNC(=O)c1ccc(NCc2nccn2C)cc1. The fraction of sp³-hybridized carbons (Fsp3) is 0.286. The lowest BCUT2D eigenvalue weighted by Gasteiger charge is -2.07. The molecule has 19 heavy (non-hydrogen) atoms. The third kappa shape index (κ3) is 3.34. The van der Waals surface area contributed by atoms with Gasteiger partial charge in [0.05, 0.1) is 6.54 Å². The molecule has 100 valence electrons. The van der Waals surface area contributed by atoms with Gasteiger partial charge in [-0.15, -0.1) is 0 Å². The summed E-state index contributed by atoms with van der Waals surface area (Å²) in [6, 6.07) is 7.42. The van der Waals surface area contributed by atoms with Crippen molar-refractivity contribution in [2.24, 2.45) is 7.05 Å². The molecular formula is C14H18N4O. The van der Waals surface area contributed by atoms with Crippen LogP contribution in [0.5, 0.6) is 0 Å². The van der Waals surface area contributed by atoms with Crippen LogP contribution in [-0.4, -0.2) is 22.0 Å². The lowest BCUT2D eigenvalue weighted by atomic mass is 10.2. The number of carbonyl (C=O) groups excluding carboxylic acids is 1. The summed E-state index contributed by atoms with van der Waals surface area (Å²) in [6.07, 6.45) is 3.68. The zero-order chi connectivity index (χ0) is 13.7. The van der Waals surface area contributed by atoms with E-state index in [1.807, 2.05) is 49.0 Å². The molecule has 0 saturated carbocycles. The van der Waals surface area contributed by atoms with Gasteiger partial charge < -0.3 is 15.2 Å². The number of hydrogen-bond donors (Lipinski definition) is 2. The summed E-state index contributed by atoms with van der Waals surface area (Å²) < 4.78 is 1.97. The monoisotopic (exact) mass is 258 g/mol. The van der Waals surface area contributed by atoms with Gasteiger partial charge in [0.2, 0.25) is 0 Å². The molecule has 2 N–H and O–H groups in total. The van der Waals surface area contributed by atoms with Crippen LogP contribution in [0.3, 0.4) is 0 Å². The zero-order valence-corrected chi connectivity index (χ0v) is 11.2. The molecule has 0 fully saturated rings. The fourth-order valence-electron chi connectivity index (χ4n) is 1.75. The minimum absolute atomic E-state index is 0.0434. The molecule has 2 rings (SSSR count). The van der Waals surface area contributed by atoms with Gasteiger partial charge in [0.15, 0.2) is 0 Å². The van der Waals surface area contributed by atoms with Crippen LogP contribution in [0.1, 0.15) is 23.1 Å². The first kappa shape index (κ1) is 13.1. The average Bonchev–Trinajstić information content (AvgIpc) is 2.83. The van der Waals surface area contributed by atoms with Gasteiger partial charge in [-0.25, -0.2) is 4.98 Å². The Morgan fingerprint density at radius 2 is 2.05 bits per heavy atom. The topological polar surface area (TPSA) is 59.0 Å². The van der Waals surface area contributed by atoms with Crippen LogP contribution >= 0.6 is 0 Å². The zero-order valence-electron chi connectivity index (χ0n) is 11.2. The van der Waals surface area contributed by atoms with E-state index in [1.54, 1.807) is 6.20 Å². The Morgan fingerprint density at radius 3 is 2.63 bits per heavy atom. The van der Waals surface area contributed by atoms with E-state index in [4.69, 9.17) is 0 Å². The third-order valence-electron chi connectivity index (χ3n) is 2.86. The standard InChI is InChI=1S/C14H18N4O/c1-3-15-14(19)11-4-6-12(7-5-11)17-10-13-16-8-9-18(13)2/h4-9,17H,3,10H2,1-2H3,(H,15,19). The molecule has 5 nitrogen and oxygen atoms in total. The average molecular weight is 258 g/mol. The Morgan fingerprint density at radius 1 is 1.32 bits per heavy atom. The van der Waals surface area contributed by atoms with Crippen LogP contribution in [0, 0.1) is 0 Å². The normalized spacial score (nSPS) is 10.2. The number of hydrogen-bond acceptors (Lipinski definition) is 3. The van der Waals surface area contributed by atoms with Gasteiger partial charge in [0.25, 0.3) is 5.91 Å². The highest BCUT2D eigenvalue weighted by Gasteiger charge is 2.04. The fourth-order valence-corrected chi connectivity index (χ4v) is 1.75. The second kappa shape index (κ2) is 6.04. The lowest BCUT2D eigenvalue weighted by molar-refractivity contribution is 0.0956. The van der Waals surface area contributed by atoms with E-state index in [1.165, 1.54) is 0 Å². The van der Waals surface area contributed by atoms with Crippen molar-refractivity contribution in [3.05, 3.63) is 48.0 Å². The van der Waals surface area contributed by atoms with Crippen molar-refractivity contribution in [1.29, 1.82) is 0 Å². The van der Waals surface area contributed by atoms with E-state index in [0.29, 0.717) is 18.7 Å². The predicted molar refractivity (Wildman–Crippen MR) is 75.0 cm³/mol. The molecule has 0 saturated heterocycles. The van der Waals surface area contributed by atoms with Gasteiger partial charge in [-0.2, -0.15) is 0 Å². The molecule has 0 aliphatic carbocycles. The van der Waals surface area contributed by atoms with E-state index < -0.39 is 0 Å². The molecule has 0 bridgehead atoms. The highest BCUT2D eigenvalue weighted by molar-refractivity contribution is 5.94. The number of rotatable bonds is 5. The second-order valence-electron chi connectivity index (χ2n) is 4.24. The Bertz CT molecular complexity index is 545. The molecule has 0 radical (unpaired) electrons. The number of nitrogens with one attached hydrogen (secondary N) is 2.